The monoisotopic (exact) mass is 470 g/mol. The van der Waals surface area contributed by atoms with Crippen molar-refractivity contribution in [3.63, 3.8) is 0 Å². The summed E-state index contributed by atoms with van der Waals surface area (Å²) >= 11 is 0. The molecule has 3 aliphatic carbocycles. The van der Waals surface area contributed by atoms with Gasteiger partial charge in [0.25, 0.3) is 0 Å². The highest BCUT2D eigenvalue weighted by atomic mass is 19.2. The van der Waals surface area contributed by atoms with Crippen molar-refractivity contribution in [3.8, 4) is 0 Å². The Hall–Kier alpha value is -2.82. The number of ether oxygens (including phenoxy) is 1. The first-order valence-electron chi connectivity index (χ1n) is 11.9. The van der Waals surface area contributed by atoms with Crippen molar-refractivity contribution < 1.29 is 22.3 Å². The lowest BCUT2D eigenvalue weighted by molar-refractivity contribution is 0.170. The maximum Gasteiger partial charge on any atom is 0.193 e. The van der Waals surface area contributed by atoms with E-state index in [-0.39, 0.29) is 16.9 Å². The summed E-state index contributed by atoms with van der Waals surface area (Å²) in [5.41, 5.74) is 2.78. The van der Waals surface area contributed by atoms with Gasteiger partial charge in [-0.25, -0.2) is 17.6 Å². The van der Waals surface area contributed by atoms with Crippen molar-refractivity contribution in [2.45, 2.75) is 64.2 Å². The van der Waals surface area contributed by atoms with Gasteiger partial charge in [0.1, 0.15) is 5.76 Å². The lowest BCUT2D eigenvalue weighted by atomic mass is 9.81. The molecule has 0 aromatic heterocycles. The molecule has 0 heterocycles. The molecule has 5 atom stereocenters. The number of benzene rings is 1. The van der Waals surface area contributed by atoms with Crippen LogP contribution in [-0.4, -0.2) is 24.7 Å². The quantitative estimate of drug-likeness (QED) is 0.300. The summed E-state index contributed by atoms with van der Waals surface area (Å²) < 4.78 is 64.6. The van der Waals surface area contributed by atoms with E-state index >= 15 is 8.78 Å². The van der Waals surface area contributed by atoms with Crippen molar-refractivity contribution in [2.75, 3.05) is 0 Å². The summed E-state index contributed by atoms with van der Waals surface area (Å²) in [6.07, 6.45) is 7.41. The molecular weight excluding hydrogens is 440 g/mol. The van der Waals surface area contributed by atoms with Crippen LogP contribution in [-0.2, 0) is 4.74 Å². The Morgan fingerprint density at radius 3 is 1.97 bits per heavy atom. The topological polar surface area (TPSA) is 9.23 Å². The Balaban J connectivity index is 1.54. The van der Waals surface area contributed by atoms with E-state index < -0.39 is 24.7 Å². The zero-order valence-electron chi connectivity index (χ0n) is 19.5. The average molecular weight is 471 g/mol. The molecule has 3 aliphatic rings. The van der Waals surface area contributed by atoms with Crippen LogP contribution in [0.2, 0.25) is 0 Å². The summed E-state index contributed by atoms with van der Waals surface area (Å²) in [6.45, 7) is 4.07. The van der Waals surface area contributed by atoms with E-state index in [1.165, 1.54) is 18.4 Å². The number of halogens is 4. The molecule has 34 heavy (non-hydrogen) atoms. The number of hydrogen-bond donors (Lipinski definition) is 0. The Kier molecular flexibility index (Phi) is 7.60. The number of hydrogen-bond acceptors (Lipinski definition) is 1. The Morgan fingerprint density at radius 2 is 1.38 bits per heavy atom. The third-order valence-corrected chi connectivity index (χ3v) is 6.68. The molecule has 1 aromatic rings. The van der Waals surface area contributed by atoms with Gasteiger partial charge < -0.3 is 4.74 Å². The van der Waals surface area contributed by atoms with Gasteiger partial charge in [-0.1, -0.05) is 62.4 Å². The molecule has 0 spiro atoms. The van der Waals surface area contributed by atoms with Gasteiger partial charge in [0, 0.05) is 0 Å². The summed E-state index contributed by atoms with van der Waals surface area (Å²) in [5.74, 6) is 0.490. The zero-order chi connectivity index (χ0) is 24.2. The van der Waals surface area contributed by atoms with Crippen LogP contribution in [0.15, 0.2) is 83.9 Å². The molecule has 0 amide bonds. The summed E-state index contributed by atoms with van der Waals surface area (Å²) in [6, 6.07) is 6.48. The number of allylic oxidation sites excluding steroid dienone is 11. The molecule has 1 nitrogen and oxygen atoms in total. The average Bonchev–Trinajstić information content (AvgIpc) is 2.85. The number of alkyl halides is 4. The normalized spacial score (nSPS) is 29.7. The van der Waals surface area contributed by atoms with Gasteiger partial charge in [0.15, 0.2) is 24.7 Å². The standard InChI is InChI=1S/C29H30F4O/c1-3-4-17-34-25-16-15-24(28(32)29(25)33)21-11-9-20(10-12-21)23-14-13-22(26(30)27(23)31)19-7-5-18(2)6-8-19/h4,7,9-18,26-29H,3,5-6,8H2,1-2H3/b17-4-. The van der Waals surface area contributed by atoms with E-state index in [1.54, 1.807) is 42.5 Å². The molecule has 0 aliphatic heterocycles. The van der Waals surface area contributed by atoms with Crippen LogP contribution in [0, 0.1) is 5.92 Å². The fourth-order valence-corrected chi connectivity index (χ4v) is 4.54. The van der Waals surface area contributed by atoms with Crippen molar-refractivity contribution in [1.29, 1.82) is 0 Å². The Labute approximate surface area is 198 Å². The van der Waals surface area contributed by atoms with Crippen LogP contribution in [0.4, 0.5) is 17.6 Å². The highest BCUT2D eigenvalue weighted by molar-refractivity contribution is 5.77. The summed E-state index contributed by atoms with van der Waals surface area (Å²) in [4.78, 5) is 0. The molecule has 0 bridgehead atoms. The Bertz CT molecular complexity index is 1070. The van der Waals surface area contributed by atoms with Gasteiger partial charge in [0.2, 0.25) is 0 Å². The first-order chi connectivity index (χ1) is 16.4. The first kappa shape index (κ1) is 24.3. The van der Waals surface area contributed by atoms with Crippen molar-refractivity contribution >= 4 is 11.1 Å². The fourth-order valence-electron chi connectivity index (χ4n) is 4.54. The SMILES string of the molecule is CC/C=C\OC1=CC=C(c2ccc(C3=CC=C(C4=CCC(C)CC4)C(F)C3F)cc2)C(F)C1F. The third kappa shape index (κ3) is 4.98. The predicted molar refractivity (Wildman–Crippen MR) is 130 cm³/mol. The van der Waals surface area contributed by atoms with Gasteiger partial charge in [-0.3, -0.25) is 0 Å². The van der Waals surface area contributed by atoms with E-state index in [0.717, 1.165) is 31.3 Å². The minimum absolute atomic E-state index is 0.0793. The highest BCUT2D eigenvalue weighted by Gasteiger charge is 2.34. The fraction of sp³-hybridized carbons (Fsp3) is 0.379. The molecule has 0 saturated carbocycles. The zero-order valence-corrected chi connectivity index (χ0v) is 19.5. The number of rotatable bonds is 6. The first-order valence-corrected chi connectivity index (χ1v) is 11.9. The van der Waals surface area contributed by atoms with Gasteiger partial charge in [0.05, 0.1) is 6.26 Å². The lowest BCUT2D eigenvalue weighted by Gasteiger charge is -2.28. The second-order valence-corrected chi connectivity index (χ2v) is 9.13. The van der Waals surface area contributed by atoms with E-state index in [1.807, 2.05) is 13.0 Å². The van der Waals surface area contributed by atoms with E-state index in [2.05, 4.69) is 6.92 Å². The molecule has 4 rings (SSSR count). The van der Waals surface area contributed by atoms with Gasteiger partial charge >= 0.3 is 0 Å². The maximum atomic E-state index is 15.1. The van der Waals surface area contributed by atoms with Gasteiger partial charge in [-0.05, 0) is 77.2 Å². The van der Waals surface area contributed by atoms with E-state index in [0.29, 0.717) is 22.6 Å². The van der Waals surface area contributed by atoms with Gasteiger partial charge in [-0.2, -0.15) is 0 Å². The smallest absolute Gasteiger partial charge is 0.193 e. The molecular formula is C29H30F4O. The molecule has 1 aromatic carbocycles. The van der Waals surface area contributed by atoms with Crippen LogP contribution in [0.25, 0.3) is 11.1 Å². The van der Waals surface area contributed by atoms with Gasteiger partial charge in [-0.15, -0.1) is 0 Å². The van der Waals surface area contributed by atoms with Crippen LogP contribution in [0.1, 0.15) is 50.7 Å². The third-order valence-electron chi connectivity index (χ3n) is 6.68. The van der Waals surface area contributed by atoms with Crippen molar-refractivity contribution in [1.82, 2.24) is 0 Å². The summed E-state index contributed by atoms with van der Waals surface area (Å²) in [7, 11) is 0. The van der Waals surface area contributed by atoms with Crippen LogP contribution >= 0.6 is 0 Å². The molecule has 5 heteroatoms. The lowest BCUT2D eigenvalue weighted by Crippen LogP contribution is -2.26. The largest absolute Gasteiger partial charge is 0.466 e. The molecule has 0 saturated heterocycles. The maximum absolute atomic E-state index is 15.1. The second kappa shape index (κ2) is 10.6. The molecule has 0 radical (unpaired) electrons. The minimum Gasteiger partial charge on any atom is -0.466 e. The molecule has 0 fully saturated rings. The van der Waals surface area contributed by atoms with E-state index in [9.17, 15) is 8.78 Å². The molecule has 5 unspecified atom stereocenters. The van der Waals surface area contributed by atoms with Crippen LogP contribution in [0.3, 0.4) is 0 Å². The van der Waals surface area contributed by atoms with Crippen molar-refractivity contribution in [3.05, 3.63) is 95.0 Å². The van der Waals surface area contributed by atoms with Crippen LogP contribution in [0.5, 0.6) is 0 Å². The highest BCUT2D eigenvalue weighted by Crippen LogP contribution is 2.39. The van der Waals surface area contributed by atoms with Crippen LogP contribution < -0.4 is 0 Å². The predicted octanol–water partition coefficient (Wildman–Crippen LogP) is 8.33. The second-order valence-electron chi connectivity index (χ2n) is 9.13. The molecule has 0 N–H and O–H groups in total. The Morgan fingerprint density at radius 1 is 0.824 bits per heavy atom. The minimum atomic E-state index is -1.91. The van der Waals surface area contributed by atoms with E-state index in [4.69, 9.17) is 4.74 Å². The van der Waals surface area contributed by atoms with Crippen molar-refractivity contribution in [2.24, 2.45) is 5.92 Å². The molecule has 180 valence electrons. The summed E-state index contributed by atoms with van der Waals surface area (Å²) in [5, 5.41) is 0.